The van der Waals surface area contributed by atoms with Crippen molar-refractivity contribution in [1.29, 1.82) is 0 Å². The van der Waals surface area contributed by atoms with Gasteiger partial charge in [-0.1, -0.05) is 30.3 Å². The molecule has 1 aromatic rings. The summed E-state index contributed by atoms with van der Waals surface area (Å²) in [6.45, 7) is 6.61. The van der Waals surface area contributed by atoms with Gasteiger partial charge in [0, 0.05) is 19.4 Å². The molecule has 1 N–H and O–H groups in total. The summed E-state index contributed by atoms with van der Waals surface area (Å²) >= 11 is 0. The molecular weight excluding hydrogens is 308 g/mol. The van der Waals surface area contributed by atoms with Crippen molar-refractivity contribution in [1.82, 2.24) is 0 Å². The second-order valence-electron chi connectivity index (χ2n) is 6.62. The quantitative estimate of drug-likeness (QED) is 0.915. The van der Waals surface area contributed by atoms with Crippen LogP contribution in [0.5, 0.6) is 0 Å². The lowest BCUT2D eigenvalue weighted by Gasteiger charge is -2.33. The van der Waals surface area contributed by atoms with E-state index in [2.05, 4.69) is 0 Å². The second kappa shape index (κ2) is 8.72. The molecule has 0 aromatic heterocycles. The summed E-state index contributed by atoms with van der Waals surface area (Å²) in [7, 11) is 0. The van der Waals surface area contributed by atoms with Crippen LogP contribution in [-0.2, 0) is 19.0 Å². The highest BCUT2D eigenvalue weighted by atomic mass is 16.7. The molecule has 1 aliphatic rings. The van der Waals surface area contributed by atoms with Crippen LogP contribution in [0.1, 0.15) is 51.7 Å². The van der Waals surface area contributed by atoms with E-state index in [1.165, 1.54) is 0 Å². The van der Waals surface area contributed by atoms with Gasteiger partial charge in [0.15, 0.2) is 11.6 Å². The molecule has 134 valence electrons. The standard InChI is InChI=1S/C19H28O5/c1-14(2)24-19(3)11-10-16(20)18(22-12-7-13-23-19)17(21)15-8-5-4-6-9-15/h4-6,8-9,14,17-18,21H,7,10-13H2,1-3H3. The first kappa shape index (κ1) is 19.1. The van der Waals surface area contributed by atoms with Crippen LogP contribution in [0.2, 0.25) is 0 Å². The van der Waals surface area contributed by atoms with Crippen molar-refractivity contribution in [2.45, 2.75) is 64.1 Å². The third kappa shape index (κ3) is 5.38. The fraction of sp³-hybridized carbons (Fsp3) is 0.632. The van der Waals surface area contributed by atoms with Crippen molar-refractivity contribution in [3.63, 3.8) is 0 Å². The molecule has 24 heavy (non-hydrogen) atoms. The summed E-state index contributed by atoms with van der Waals surface area (Å²) in [6, 6.07) is 9.15. The van der Waals surface area contributed by atoms with Gasteiger partial charge in [-0.05, 0) is 32.8 Å². The Labute approximate surface area is 143 Å². The Morgan fingerprint density at radius 2 is 1.96 bits per heavy atom. The van der Waals surface area contributed by atoms with Crippen LogP contribution < -0.4 is 0 Å². The summed E-state index contributed by atoms with van der Waals surface area (Å²) in [5, 5.41) is 10.6. The van der Waals surface area contributed by atoms with Crippen molar-refractivity contribution < 1.29 is 24.1 Å². The first-order chi connectivity index (χ1) is 11.4. The molecule has 1 fully saturated rings. The van der Waals surface area contributed by atoms with Gasteiger partial charge in [0.1, 0.15) is 12.2 Å². The average molecular weight is 336 g/mol. The van der Waals surface area contributed by atoms with Gasteiger partial charge in [-0.2, -0.15) is 0 Å². The van der Waals surface area contributed by atoms with Crippen molar-refractivity contribution in [3.05, 3.63) is 35.9 Å². The van der Waals surface area contributed by atoms with E-state index in [0.717, 1.165) is 0 Å². The van der Waals surface area contributed by atoms with Gasteiger partial charge in [0.25, 0.3) is 0 Å². The van der Waals surface area contributed by atoms with Crippen LogP contribution >= 0.6 is 0 Å². The number of Topliss-reactive ketones (excluding diaryl/α,β-unsaturated/α-hetero) is 1. The van der Waals surface area contributed by atoms with Gasteiger partial charge in [-0.3, -0.25) is 4.79 Å². The number of benzene rings is 1. The minimum Gasteiger partial charge on any atom is -0.385 e. The largest absolute Gasteiger partial charge is 0.385 e. The number of ketones is 1. The molecule has 1 aromatic carbocycles. The van der Waals surface area contributed by atoms with E-state index in [1.807, 2.05) is 39.0 Å². The number of rotatable bonds is 4. The zero-order valence-electron chi connectivity index (χ0n) is 14.7. The van der Waals surface area contributed by atoms with E-state index in [-0.39, 0.29) is 18.3 Å². The van der Waals surface area contributed by atoms with E-state index in [4.69, 9.17) is 14.2 Å². The number of aliphatic hydroxyl groups is 1. The van der Waals surface area contributed by atoms with Crippen LogP contribution in [0.15, 0.2) is 30.3 Å². The number of aliphatic hydroxyl groups excluding tert-OH is 1. The Morgan fingerprint density at radius 3 is 2.62 bits per heavy atom. The van der Waals surface area contributed by atoms with E-state index in [1.54, 1.807) is 12.1 Å². The Balaban J connectivity index is 2.09. The van der Waals surface area contributed by atoms with Crippen molar-refractivity contribution in [2.75, 3.05) is 13.2 Å². The lowest BCUT2D eigenvalue weighted by molar-refractivity contribution is -0.249. The van der Waals surface area contributed by atoms with E-state index < -0.39 is 18.0 Å². The van der Waals surface area contributed by atoms with Crippen molar-refractivity contribution in [3.8, 4) is 0 Å². The Hall–Kier alpha value is -1.27. The number of carbonyl (C=O) groups excluding carboxylic acids is 1. The van der Waals surface area contributed by atoms with Crippen LogP contribution in [-0.4, -0.2) is 42.1 Å². The average Bonchev–Trinajstić information content (AvgIpc) is 2.55. The third-order valence-corrected chi connectivity index (χ3v) is 4.05. The fourth-order valence-corrected chi connectivity index (χ4v) is 2.90. The molecule has 3 atom stereocenters. The second-order valence-corrected chi connectivity index (χ2v) is 6.62. The summed E-state index contributed by atoms with van der Waals surface area (Å²) in [5.74, 6) is -0.918. The highest BCUT2D eigenvalue weighted by Crippen LogP contribution is 2.27. The predicted octanol–water partition coefficient (Wildman–Crippen LogP) is 3.02. The van der Waals surface area contributed by atoms with Crippen LogP contribution in [0.25, 0.3) is 0 Å². The van der Waals surface area contributed by atoms with Gasteiger partial charge in [0.05, 0.1) is 12.7 Å². The van der Waals surface area contributed by atoms with Crippen LogP contribution in [0, 0.1) is 0 Å². The minimum absolute atomic E-state index is 0.00926. The minimum atomic E-state index is -0.962. The molecule has 1 saturated heterocycles. The summed E-state index contributed by atoms with van der Waals surface area (Å²) in [6.07, 6.45) is -0.494. The molecule has 0 aliphatic carbocycles. The monoisotopic (exact) mass is 336 g/mol. The molecule has 0 amide bonds. The zero-order chi connectivity index (χ0) is 17.6. The Morgan fingerprint density at radius 1 is 1.25 bits per heavy atom. The summed E-state index contributed by atoms with van der Waals surface area (Å²) in [5.41, 5.74) is 0.686. The molecular formula is C19H28O5. The lowest BCUT2D eigenvalue weighted by atomic mass is 9.97. The molecule has 3 unspecified atom stereocenters. The molecule has 0 radical (unpaired) electrons. The smallest absolute Gasteiger partial charge is 0.166 e. The predicted molar refractivity (Wildman–Crippen MR) is 90.6 cm³/mol. The maximum absolute atomic E-state index is 12.6. The fourth-order valence-electron chi connectivity index (χ4n) is 2.90. The Bertz CT molecular complexity index is 516. The molecule has 0 saturated carbocycles. The molecule has 1 aliphatic heterocycles. The molecule has 1 heterocycles. The lowest BCUT2D eigenvalue weighted by Crippen LogP contribution is -2.39. The van der Waals surface area contributed by atoms with Gasteiger partial charge in [0.2, 0.25) is 0 Å². The highest BCUT2D eigenvalue weighted by Gasteiger charge is 2.34. The molecule has 0 spiro atoms. The Kier molecular flexibility index (Phi) is 6.92. The number of carbonyl (C=O) groups is 1. The highest BCUT2D eigenvalue weighted by molar-refractivity contribution is 5.84. The van der Waals surface area contributed by atoms with E-state index in [9.17, 15) is 9.90 Å². The molecule has 5 nitrogen and oxygen atoms in total. The van der Waals surface area contributed by atoms with Gasteiger partial charge in [-0.25, -0.2) is 0 Å². The van der Waals surface area contributed by atoms with Crippen LogP contribution in [0.4, 0.5) is 0 Å². The third-order valence-electron chi connectivity index (χ3n) is 4.05. The zero-order valence-corrected chi connectivity index (χ0v) is 14.7. The van der Waals surface area contributed by atoms with Crippen molar-refractivity contribution in [2.24, 2.45) is 0 Å². The molecule has 0 bridgehead atoms. The topological polar surface area (TPSA) is 65.0 Å². The first-order valence-electron chi connectivity index (χ1n) is 8.60. The molecule has 2 rings (SSSR count). The normalized spacial score (nSPS) is 27.9. The van der Waals surface area contributed by atoms with E-state index in [0.29, 0.717) is 31.6 Å². The van der Waals surface area contributed by atoms with Crippen molar-refractivity contribution >= 4 is 5.78 Å². The number of hydrogen-bond acceptors (Lipinski definition) is 5. The van der Waals surface area contributed by atoms with Gasteiger partial charge in [-0.15, -0.1) is 0 Å². The SMILES string of the molecule is CC(C)OC1(C)CCC(=O)C(C(O)c2ccccc2)OCCCO1. The number of hydrogen-bond donors (Lipinski definition) is 1. The van der Waals surface area contributed by atoms with Crippen LogP contribution in [0.3, 0.4) is 0 Å². The van der Waals surface area contributed by atoms with E-state index >= 15 is 0 Å². The first-order valence-corrected chi connectivity index (χ1v) is 8.60. The van der Waals surface area contributed by atoms with Gasteiger partial charge >= 0.3 is 0 Å². The van der Waals surface area contributed by atoms with Gasteiger partial charge < -0.3 is 19.3 Å². The summed E-state index contributed by atoms with van der Waals surface area (Å²) < 4.78 is 17.4. The number of ether oxygens (including phenoxy) is 3. The summed E-state index contributed by atoms with van der Waals surface area (Å²) in [4.78, 5) is 12.6. The molecule has 5 heteroatoms. The maximum Gasteiger partial charge on any atom is 0.166 e. The maximum atomic E-state index is 12.6.